The fourth-order valence-electron chi connectivity index (χ4n) is 2.38. The van der Waals surface area contributed by atoms with E-state index in [1.54, 1.807) is 7.11 Å². The van der Waals surface area contributed by atoms with Crippen LogP contribution in [0.5, 0.6) is 5.75 Å². The normalized spacial score (nSPS) is 10.7. The number of nitrogens with one attached hydrogen (secondary N) is 1. The van der Waals surface area contributed by atoms with E-state index in [1.807, 2.05) is 12.1 Å². The number of nitrogens with zero attached hydrogens (tertiary/aromatic N) is 1. The van der Waals surface area contributed by atoms with E-state index in [2.05, 4.69) is 28.3 Å². The summed E-state index contributed by atoms with van der Waals surface area (Å²) < 4.78 is 7.58. The molecule has 1 aromatic heterocycles. The molecular weight excluding hydrogens is 254 g/mol. The first-order valence-corrected chi connectivity index (χ1v) is 6.87. The lowest BCUT2D eigenvalue weighted by Crippen LogP contribution is -2.29. The topological polar surface area (TPSA) is 69.3 Å². The molecule has 2 aromatic rings. The minimum absolute atomic E-state index is 0.0962. The summed E-state index contributed by atoms with van der Waals surface area (Å²) in [6.07, 6.45) is 5.50. The Kier molecular flexibility index (Phi) is 5.01. The number of amides is 1. The summed E-state index contributed by atoms with van der Waals surface area (Å²) in [4.78, 5) is 11.0. The minimum atomic E-state index is -0.0962. The SMILES string of the molecule is COc1cccc2c1ccn2CCCCCC(=O)NN. The Balaban J connectivity index is 1.89. The number of hydrazine groups is 1. The predicted octanol–water partition coefficient (Wildman–Crippen LogP) is 2.20. The molecule has 0 atom stereocenters. The average molecular weight is 275 g/mol. The number of unbranched alkanes of at least 4 members (excludes halogenated alkanes) is 2. The lowest BCUT2D eigenvalue weighted by molar-refractivity contribution is -0.121. The van der Waals surface area contributed by atoms with Crippen LogP contribution in [0.4, 0.5) is 0 Å². The highest BCUT2D eigenvalue weighted by Gasteiger charge is 2.05. The first-order chi connectivity index (χ1) is 9.76. The van der Waals surface area contributed by atoms with Crippen molar-refractivity contribution < 1.29 is 9.53 Å². The summed E-state index contributed by atoms with van der Waals surface area (Å²) in [5.41, 5.74) is 3.33. The summed E-state index contributed by atoms with van der Waals surface area (Å²) >= 11 is 0. The van der Waals surface area contributed by atoms with E-state index in [0.717, 1.165) is 36.9 Å². The fraction of sp³-hybridized carbons (Fsp3) is 0.400. The lowest BCUT2D eigenvalue weighted by Gasteiger charge is -2.07. The second kappa shape index (κ2) is 6.96. The highest BCUT2D eigenvalue weighted by atomic mass is 16.5. The maximum Gasteiger partial charge on any atom is 0.233 e. The first kappa shape index (κ1) is 14.4. The van der Waals surface area contributed by atoms with Gasteiger partial charge in [-0.05, 0) is 31.0 Å². The Labute approximate surface area is 118 Å². The van der Waals surface area contributed by atoms with Gasteiger partial charge in [0.05, 0.1) is 12.6 Å². The maximum atomic E-state index is 11.0. The molecule has 5 heteroatoms. The van der Waals surface area contributed by atoms with Gasteiger partial charge in [-0.15, -0.1) is 0 Å². The molecule has 0 fully saturated rings. The predicted molar refractivity (Wildman–Crippen MR) is 79.3 cm³/mol. The largest absolute Gasteiger partial charge is 0.496 e. The number of hydrogen-bond acceptors (Lipinski definition) is 3. The Morgan fingerprint density at radius 1 is 1.30 bits per heavy atom. The van der Waals surface area contributed by atoms with Crippen LogP contribution in [-0.4, -0.2) is 17.6 Å². The van der Waals surface area contributed by atoms with Gasteiger partial charge < -0.3 is 9.30 Å². The number of ether oxygens (including phenoxy) is 1. The number of aromatic nitrogens is 1. The Morgan fingerprint density at radius 2 is 2.15 bits per heavy atom. The van der Waals surface area contributed by atoms with Crippen LogP contribution in [0.1, 0.15) is 25.7 Å². The number of carbonyl (C=O) groups excluding carboxylic acids is 1. The molecule has 20 heavy (non-hydrogen) atoms. The van der Waals surface area contributed by atoms with Gasteiger partial charge in [-0.2, -0.15) is 0 Å². The smallest absolute Gasteiger partial charge is 0.233 e. The van der Waals surface area contributed by atoms with E-state index in [-0.39, 0.29) is 5.91 Å². The van der Waals surface area contributed by atoms with Crippen LogP contribution in [0, 0.1) is 0 Å². The molecule has 0 aliphatic rings. The number of rotatable bonds is 7. The summed E-state index contributed by atoms with van der Waals surface area (Å²) in [6, 6.07) is 8.15. The fourth-order valence-corrected chi connectivity index (χ4v) is 2.38. The van der Waals surface area contributed by atoms with Crippen LogP contribution in [0.25, 0.3) is 10.9 Å². The summed E-state index contributed by atoms with van der Waals surface area (Å²) in [7, 11) is 1.69. The minimum Gasteiger partial charge on any atom is -0.496 e. The highest BCUT2D eigenvalue weighted by molar-refractivity contribution is 5.86. The van der Waals surface area contributed by atoms with Crippen LogP contribution in [-0.2, 0) is 11.3 Å². The van der Waals surface area contributed by atoms with Gasteiger partial charge in [0.1, 0.15) is 5.75 Å². The number of methoxy groups -OCH3 is 1. The summed E-state index contributed by atoms with van der Waals surface area (Å²) in [5, 5.41) is 1.14. The Morgan fingerprint density at radius 3 is 2.90 bits per heavy atom. The molecule has 0 saturated carbocycles. The van der Waals surface area contributed by atoms with Gasteiger partial charge >= 0.3 is 0 Å². The van der Waals surface area contributed by atoms with E-state index in [4.69, 9.17) is 10.6 Å². The molecule has 1 aromatic carbocycles. The van der Waals surface area contributed by atoms with Gasteiger partial charge in [-0.25, -0.2) is 5.84 Å². The molecule has 0 unspecified atom stereocenters. The Bertz CT molecular complexity index is 578. The van der Waals surface area contributed by atoms with Crippen molar-refractivity contribution in [2.24, 2.45) is 5.84 Å². The van der Waals surface area contributed by atoms with E-state index in [9.17, 15) is 4.79 Å². The van der Waals surface area contributed by atoms with Gasteiger partial charge in [-0.1, -0.05) is 12.5 Å². The number of carbonyl (C=O) groups is 1. The standard InChI is InChI=1S/C15H21N3O2/c1-20-14-7-5-6-13-12(14)9-11-18(13)10-4-2-3-8-15(19)17-16/h5-7,9,11H,2-4,8,10,16H2,1H3,(H,17,19). The summed E-state index contributed by atoms with van der Waals surface area (Å²) in [6.45, 7) is 0.945. The van der Waals surface area contributed by atoms with Gasteiger partial charge in [0, 0.05) is 24.5 Å². The number of fused-ring (bicyclic) bond motifs is 1. The van der Waals surface area contributed by atoms with Crippen LogP contribution in [0.2, 0.25) is 0 Å². The van der Waals surface area contributed by atoms with Gasteiger partial charge in [0.25, 0.3) is 0 Å². The molecule has 1 heterocycles. The van der Waals surface area contributed by atoms with Crippen molar-refractivity contribution in [2.45, 2.75) is 32.2 Å². The van der Waals surface area contributed by atoms with Crippen LogP contribution < -0.4 is 16.0 Å². The van der Waals surface area contributed by atoms with E-state index in [1.165, 1.54) is 5.52 Å². The van der Waals surface area contributed by atoms with Crippen molar-refractivity contribution in [3.63, 3.8) is 0 Å². The zero-order valence-corrected chi connectivity index (χ0v) is 11.8. The maximum absolute atomic E-state index is 11.0. The number of hydrogen-bond donors (Lipinski definition) is 2. The lowest BCUT2D eigenvalue weighted by atomic mass is 10.2. The Hall–Kier alpha value is -2.01. The number of aryl methyl sites for hydroxylation is 1. The molecule has 0 spiro atoms. The number of benzene rings is 1. The van der Waals surface area contributed by atoms with Crippen molar-refractivity contribution in [2.75, 3.05) is 7.11 Å². The molecular formula is C15H21N3O2. The molecule has 0 radical (unpaired) electrons. The third kappa shape index (κ3) is 3.30. The zero-order valence-electron chi connectivity index (χ0n) is 11.8. The van der Waals surface area contributed by atoms with E-state index < -0.39 is 0 Å². The third-order valence-corrected chi connectivity index (χ3v) is 3.46. The van der Waals surface area contributed by atoms with Crippen molar-refractivity contribution >= 4 is 16.8 Å². The molecule has 0 saturated heterocycles. The van der Waals surface area contributed by atoms with Crippen molar-refractivity contribution in [1.82, 2.24) is 9.99 Å². The monoisotopic (exact) mass is 275 g/mol. The molecule has 5 nitrogen and oxygen atoms in total. The molecule has 1 amide bonds. The van der Waals surface area contributed by atoms with Crippen molar-refractivity contribution in [1.29, 1.82) is 0 Å². The second-order valence-corrected chi connectivity index (χ2v) is 4.78. The molecule has 3 N–H and O–H groups in total. The molecule has 0 aliphatic carbocycles. The van der Waals surface area contributed by atoms with Crippen LogP contribution in [0.3, 0.4) is 0 Å². The molecule has 0 bridgehead atoms. The second-order valence-electron chi connectivity index (χ2n) is 4.78. The van der Waals surface area contributed by atoms with Crippen LogP contribution >= 0.6 is 0 Å². The summed E-state index contributed by atoms with van der Waals surface area (Å²) in [5.74, 6) is 5.85. The highest BCUT2D eigenvalue weighted by Crippen LogP contribution is 2.26. The molecule has 0 aliphatic heterocycles. The van der Waals surface area contributed by atoms with Crippen LogP contribution in [0.15, 0.2) is 30.5 Å². The van der Waals surface area contributed by atoms with E-state index in [0.29, 0.717) is 6.42 Å². The van der Waals surface area contributed by atoms with Gasteiger partial charge in [0.2, 0.25) is 5.91 Å². The van der Waals surface area contributed by atoms with Gasteiger partial charge in [0.15, 0.2) is 0 Å². The van der Waals surface area contributed by atoms with Gasteiger partial charge in [-0.3, -0.25) is 10.2 Å². The van der Waals surface area contributed by atoms with Crippen molar-refractivity contribution in [3.05, 3.63) is 30.5 Å². The average Bonchev–Trinajstić information content (AvgIpc) is 2.89. The zero-order chi connectivity index (χ0) is 14.4. The number of nitrogens with two attached hydrogens (primary N) is 1. The quantitative estimate of drug-likeness (QED) is 0.352. The van der Waals surface area contributed by atoms with Crippen molar-refractivity contribution in [3.8, 4) is 5.75 Å². The molecule has 2 rings (SSSR count). The van der Waals surface area contributed by atoms with E-state index >= 15 is 0 Å². The first-order valence-electron chi connectivity index (χ1n) is 6.87. The molecule has 108 valence electrons. The third-order valence-electron chi connectivity index (χ3n) is 3.46.